The molecule has 108 valence electrons. The van der Waals surface area contributed by atoms with E-state index in [1.807, 2.05) is 29.2 Å². The fourth-order valence-electron chi connectivity index (χ4n) is 2.13. The third-order valence-electron chi connectivity index (χ3n) is 3.49. The van der Waals surface area contributed by atoms with Crippen molar-refractivity contribution in [1.82, 2.24) is 14.9 Å². The predicted molar refractivity (Wildman–Crippen MR) is 78.7 cm³/mol. The minimum atomic E-state index is -0.157. The van der Waals surface area contributed by atoms with E-state index in [1.165, 1.54) is 6.07 Å². The van der Waals surface area contributed by atoms with Gasteiger partial charge >= 0.3 is 0 Å². The predicted octanol–water partition coefficient (Wildman–Crippen LogP) is 3.23. The molecular formula is C16H22FN3. The first-order valence-electron chi connectivity index (χ1n) is 6.89. The van der Waals surface area contributed by atoms with Gasteiger partial charge in [0.25, 0.3) is 0 Å². The lowest BCUT2D eigenvalue weighted by molar-refractivity contribution is 0.239. The van der Waals surface area contributed by atoms with Crippen molar-refractivity contribution in [3.63, 3.8) is 0 Å². The third-order valence-corrected chi connectivity index (χ3v) is 3.49. The molecule has 1 N–H and O–H groups in total. The van der Waals surface area contributed by atoms with Gasteiger partial charge in [-0.1, -0.05) is 39.0 Å². The Labute approximate surface area is 119 Å². The second-order valence-corrected chi connectivity index (χ2v) is 6.15. The van der Waals surface area contributed by atoms with Gasteiger partial charge in [-0.05, 0) is 11.5 Å². The maximum Gasteiger partial charge on any atom is 0.127 e. The summed E-state index contributed by atoms with van der Waals surface area (Å²) < 4.78 is 15.7. The molecule has 0 radical (unpaired) electrons. The van der Waals surface area contributed by atoms with Crippen molar-refractivity contribution in [3.05, 3.63) is 54.4 Å². The maximum atomic E-state index is 13.7. The highest BCUT2D eigenvalue weighted by Gasteiger charge is 2.24. The van der Waals surface area contributed by atoms with Gasteiger partial charge in [0.05, 0.1) is 6.33 Å². The van der Waals surface area contributed by atoms with Crippen molar-refractivity contribution < 1.29 is 4.39 Å². The van der Waals surface area contributed by atoms with E-state index in [2.05, 4.69) is 31.1 Å². The Morgan fingerprint density at radius 2 is 2.05 bits per heavy atom. The second kappa shape index (κ2) is 6.18. The topological polar surface area (TPSA) is 29.9 Å². The number of imidazole rings is 1. The van der Waals surface area contributed by atoms with Gasteiger partial charge in [-0.3, -0.25) is 0 Å². The molecule has 0 bridgehead atoms. The summed E-state index contributed by atoms with van der Waals surface area (Å²) in [7, 11) is 0. The van der Waals surface area contributed by atoms with E-state index in [0.717, 1.165) is 6.54 Å². The van der Waals surface area contributed by atoms with Crippen LogP contribution in [0.15, 0.2) is 43.0 Å². The van der Waals surface area contributed by atoms with E-state index in [4.69, 9.17) is 0 Å². The van der Waals surface area contributed by atoms with Crippen LogP contribution in [0.1, 0.15) is 26.3 Å². The summed E-state index contributed by atoms with van der Waals surface area (Å²) >= 11 is 0. The van der Waals surface area contributed by atoms with Crippen molar-refractivity contribution in [1.29, 1.82) is 0 Å². The summed E-state index contributed by atoms with van der Waals surface area (Å²) in [6.45, 7) is 7.90. The summed E-state index contributed by atoms with van der Waals surface area (Å²) in [5.41, 5.74) is 0.780. The summed E-state index contributed by atoms with van der Waals surface area (Å²) in [5, 5.41) is 3.47. The average Bonchev–Trinajstić information content (AvgIpc) is 2.87. The quantitative estimate of drug-likeness (QED) is 0.908. The lowest BCUT2D eigenvalue weighted by Crippen LogP contribution is -2.43. The van der Waals surface area contributed by atoms with Crippen LogP contribution in [0.5, 0.6) is 0 Å². The Bertz CT molecular complexity index is 529. The molecule has 0 aliphatic rings. The van der Waals surface area contributed by atoms with Gasteiger partial charge in [0.2, 0.25) is 0 Å². The molecule has 1 aromatic heterocycles. The van der Waals surface area contributed by atoms with Crippen LogP contribution in [-0.4, -0.2) is 15.6 Å². The molecule has 2 aromatic rings. The molecule has 1 atom stereocenters. The number of hydrogen-bond donors (Lipinski definition) is 1. The summed E-state index contributed by atoms with van der Waals surface area (Å²) in [6, 6.07) is 7.13. The van der Waals surface area contributed by atoms with E-state index < -0.39 is 0 Å². The van der Waals surface area contributed by atoms with E-state index in [1.54, 1.807) is 12.3 Å². The average molecular weight is 275 g/mol. The van der Waals surface area contributed by atoms with Gasteiger partial charge in [-0.25, -0.2) is 9.37 Å². The van der Waals surface area contributed by atoms with Crippen LogP contribution in [0.3, 0.4) is 0 Å². The highest BCUT2D eigenvalue weighted by Crippen LogP contribution is 2.21. The molecule has 0 saturated heterocycles. The second-order valence-electron chi connectivity index (χ2n) is 6.15. The number of rotatable bonds is 5. The SMILES string of the molecule is CC(C)(C)C(Cn1ccnc1)NCc1ccccc1F. The van der Waals surface area contributed by atoms with E-state index in [-0.39, 0.29) is 17.3 Å². The molecule has 0 aliphatic carbocycles. The van der Waals surface area contributed by atoms with Crippen molar-refractivity contribution in [2.75, 3.05) is 0 Å². The van der Waals surface area contributed by atoms with Gasteiger partial charge in [0.15, 0.2) is 0 Å². The number of aromatic nitrogens is 2. The number of nitrogens with zero attached hydrogens (tertiary/aromatic N) is 2. The number of hydrogen-bond acceptors (Lipinski definition) is 2. The van der Waals surface area contributed by atoms with Crippen molar-refractivity contribution in [3.8, 4) is 0 Å². The Hall–Kier alpha value is -1.68. The minimum Gasteiger partial charge on any atom is -0.336 e. The first kappa shape index (κ1) is 14.7. The first-order valence-corrected chi connectivity index (χ1v) is 6.89. The fraction of sp³-hybridized carbons (Fsp3) is 0.438. The fourth-order valence-corrected chi connectivity index (χ4v) is 2.13. The van der Waals surface area contributed by atoms with Crippen LogP contribution in [0.2, 0.25) is 0 Å². The van der Waals surface area contributed by atoms with Crippen LogP contribution in [0, 0.1) is 11.2 Å². The van der Waals surface area contributed by atoms with Crippen LogP contribution < -0.4 is 5.32 Å². The molecule has 0 fully saturated rings. The van der Waals surface area contributed by atoms with Crippen molar-refractivity contribution in [2.24, 2.45) is 5.41 Å². The van der Waals surface area contributed by atoms with E-state index in [0.29, 0.717) is 12.1 Å². The van der Waals surface area contributed by atoms with Gasteiger partial charge in [-0.15, -0.1) is 0 Å². The molecule has 20 heavy (non-hydrogen) atoms. The lowest BCUT2D eigenvalue weighted by atomic mass is 9.86. The monoisotopic (exact) mass is 275 g/mol. The third kappa shape index (κ3) is 3.90. The standard InChI is InChI=1S/C16H22FN3/c1-16(2,3)15(11-20-9-8-18-12-20)19-10-13-6-4-5-7-14(13)17/h4-9,12,15,19H,10-11H2,1-3H3. The first-order chi connectivity index (χ1) is 9.47. The smallest absolute Gasteiger partial charge is 0.127 e. The molecule has 1 heterocycles. The van der Waals surface area contributed by atoms with Gasteiger partial charge in [-0.2, -0.15) is 0 Å². The zero-order valence-electron chi connectivity index (χ0n) is 12.3. The van der Waals surface area contributed by atoms with Gasteiger partial charge in [0, 0.05) is 37.1 Å². The largest absolute Gasteiger partial charge is 0.336 e. The molecule has 1 aromatic carbocycles. The Balaban J connectivity index is 2.03. The minimum absolute atomic E-state index is 0.0789. The van der Waals surface area contributed by atoms with Gasteiger partial charge in [0.1, 0.15) is 5.82 Å². The number of benzene rings is 1. The molecule has 4 heteroatoms. The van der Waals surface area contributed by atoms with Crippen LogP contribution in [0.25, 0.3) is 0 Å². The highest BCUT2D eigenvalue weighted by atomic mass is 19.1. The zero-order valence-corrected chi connectivity index (χ0v) is 12.3. The molecular weight excluding hydrogens is 253 g/mol. The summed E-state index contributed by atoms with van der Waals surface area (Å²) in [5.74, 6) is -0.157. The van der Waals surface area contributed by atoms with E-state index >= 15 is 0 Å². The molecule has 0 spiro atoms. The summed E-state index contributed by atoms with van der Waals surface area (Å²) in [6.07, 6.45) is 5.53. The Morgan fingerprint density at radius 3 is 2.65 bits per heavy atom. The molecule has 0 aliphatic heterocycles. The van der Waals surface area contributed by atoms with Crippen molar-refractivity contribution >= 4 is 0 Å². The van der Waals surface area contributed by atoms with Gasteiger partial charge < -0.3 is 9.88 Å². The molecule has 0 saturated carbocycles. The molecule has 1 unspecified atom stereocenters. The van der Waals surface area contributed by atoms with Crippen LogP contribution in [-0.2, 0) is 13.1 Å². The molecule has 2 rings (SSSR count). The van der Waals surface area contributed by atoms with Crippen molar-refractivity contribution in [2.45, 2.75) is 39.9 Å². The number of halogens is 1. The summed E-state index contributed by atoms with van der Waals surface area (Å²) in [4.78, 5) is 4.06. The molecule has 0 amide bonds. The van der Waals surface area contributed by atoms with Crippen LogP contribution >= 0.6 is 0 Å². The normalized spacial score (nSPS) is 13.4. The zero-order chi connectivity index (χ0) is 14.6. The van der Waals surface area contributed by atoms with Crippen LogP contribution in [0.4, 0.5) is 4.39 Å². The maximum absolute atomic E-state index is 13.7. The molecule has 3 nitrogen and oxygen atoms in total. The highest BCUT2D eigenvalue weighted by molar-refractivity contribution is 5.17. The Kier molecular flexibility index (Phi) is 4.55. The van der Waals surface area contributed by atoms with E-state index in [9.17, 15) is 4.39 Å². The number of nitrogens with one attached hydrogen (secondary N) is 1. The Morgan fingerprint density at radius 1 is 1.30 bits per heavy atom. The lowest BCUT2D eigenvalue weighted by Gasteiger charge is -2.32.